The Balaban J connectivity index is 4.06. The summed E-state index contributed by atoms with van der Waals surface area (Å²) in [4.78, 5) is 35.9. The molecule has 0 aliphatic carbocycles. The number of quaternary nitrogens is 1. The molecule has 0 aromatic carbocycles. The van der Waals surface area contributed by atoms with Gasteiger partial charge in [0.1, 0.15) is 19.8 Å². The third-order valence-electron chi connectivity index (χ3n) is 15.4. The average Bonchev–Trinajstić information content (AvgIpc) is 3.61. The van der Waals surface area contributed by atoms with Gasteiger partial charge in [0.25, 0.3) is 0 Å². The molecule has 0 heterocycles. The van der Waals surface area contributed by atoms with Gasteiger partial charge in [-0.2, -0.15) is 0 Å². The third-order valence-corrected chi connectivity index (χ3v) is 16.4. The highest BCUT2D eigenvalue weighted by Crippen LogP contribution is 2.43. The van der Waals surface area contributed by atoms with Crippen molar-refractivity contribution >= 4 is 19.8 Å². The van der Waals surface area contributed by atoms with Gasteiger partial charge >= 0.3 is 19.8 Å². The number of hydrogen-bond acceptors (Lipinski definition) is 7. The van der Waals surface area contributed by atoms with Gasteiger partial charge in [-0.15, -0.1) is 0 Å². The highest BCUT2D eigenvalue weighted by atomic mass is 31.2. The molecule has 0 radical (unpaired) electrons. The van der Waals surface area contributed by atoms with E-state index >= 15 is 0 Å². The zero-order chi connectivity index (χ0) is 61.2. The van der Waals surface area contributed by atoms with Gasteiger partial charge in [-0.25, -0.2) is 4.57 Å². The van der Waals surface area contributed by atoms with Crippen LogP contribution in [0.3, 0.4) is 0 Å². The minimum atomic E-state index is -4.40. The molecule has 0 amide bonds. The predicted octanol–water partition coefficient (Wildman–Crippen LogP) is 22.9. The predicted molar refractivity (Wildman–Crippen MR) is 362 cm³/mol. The average molecular weight is 1200 g/mol. The van der Waals surface area contributed by atoms with Crippen molar-refractivity contribution in [1.82, 2.24) is 0 Å². The van der Waals surface area contributed by atoms with Crippen molar-refractivity contribution in [3.63, 3.8) is 0 Å². The number of carbonyl (C=O) groups is 2. The monoisotopic (exact) mass is 1200 g/mol. The second-order valence-electron chi connectivity index (χ2n) is 24.9. The maximum absolute atomic E-state index is 12.9. The minimum absolute atomic E-state index is 0.0286. The lowest BCUT2D eigenvalue weighted by Gasteiger charge is -2.24. The van der Waals surface area contributed by atoms with Crippen molar-refractivity contribution < 1.29 is 42.1 Å². The van der Waals surface area contributed by atoms with Gasteiger partial charge in [-0.3, -0.25) is 18.6 Å². The fourth-order valence-corrected chi connectivity index (χ4v) is 10.8. The second-order valence-corrected chi connectivity index (χ2v) is 26.4. The molecular formula is C74H135NO8P+. The first-order chi connectivity index (χ1) is 41.0. The molecule has 0 spiro atoms. The van der Waals surface area contributed by atoms with E-state index in [0.29, 0.717) is 17.4 Å². The van der Waals surface area contributed by atoms with Gasteiger partial charge in [0.05, 0.1) is 27.7 Å². The van der Waals surface area contributed by atoms with E-state index in [1.54, 1.807) is 0 Å². The Kier molecular flexibility index (Phi) is 62.5. The van der Waals surface area contributed by atoms with E-state index in [9.17, 15) is 19.0 Å². The van der Waals surface area contributed by atoms with Crippen molar-refractivity contribution in [2.75, 3.05) is 47.5 Å². The fourth-order valence-electron chi connectivity index (χ4n) is 10.1. The molecule has 0 fully saturated rings. The van der Waals surface area contributed by atoms with Gasteiger partial charge in [-0.05, 0) is 70.6 Å². The number of unbranched alkanes of at least 4 members (excludes halogenated alkanes) is 37. The Hall–Kier alpha value is -2.81. The van der Waals surface area contributed by atoms with Gasteiger partial charge in [0.15, 0.2) is 6.10 Å². The van der Waals surface area contributed by atoms with Gasteiger partial charge in [0.2, 0.25) is 0 Å². The molecule has 0 aromatic rings. The Morgan fingerprint density at radius 2 is 0.679 bits per heavy atom. The number of rotatable bonds is 65. The molecule has 488 valence electrons. The Bertz CT molecular complexity index is 1690. The van der Waals surface area contributed by atoms with Gasteiger partial charge < -0.3 is 18.9 Å². The second kappa shape index (κ2) is 64.7. The standard InChI is InChI=1S/C74H134NO8P/c1-6-8-10-12-14-16-18-20-22-24-26-28-30-32-34-36-37-39-41-43-45-47-49-51-53-55-57-59-61-63-65-67-74(77)83-72(71-82-84(78,79)81-69-68-75(3,4)5)70-80-73(76)66-64-62-60-58-56-54-52-50-48-46-44-42-40-38-35-33-31-29-27-25-23-21-19-17-15-13-11-9-7-2/h8,10,14,16,20,22,26,28,32,34,37,39,43,45,72H,6-7,9,11-13,15,17-19,21,23-25,27,29-31,33,35-36,38,40-42,44,46-71H2,1-5H3/p+1/b10-8-,16-14-,22-20-,28-26-,34-32-,39-37-,45-43-. The maximum atomic E-state index is 12.9. The number of esters is 2. The van der Waals surface area contributed by atoms with E-state index in [0.717, 1.165) is 89.9 Å². The molecule has 0 aliphatic heterocycles. The first-order valence-electron chi connectivity index (χ1n) is 35.3. The number of nitrogens with zero attached hydrogens (tertiary/aromatic N) is 1. The SMILES string of the molecule is CC/C=C\C/C=C\C/C=C\C/C=C\C/C=C\C/C=C\C/C=C\CCCCCCCCCCCC(=O)OC(COC(=O)CCCCCCCCCCCCCCCCCCCCCCCCCCCCCCC)COP(=O)(O)OCC[N+](C)(C)C. The summed E-state index contributed by atoms with van der Waals surface area (Å²) in [6, 6.07) is 0. The van der Waals surface area contributed by atoms with E-state index in [1.165, 1.54) is 199 Å². The van der Waals surface area contributed by atoms with Crippen molar-refractivity contribution in [2.24, 2.45) is 0 Å². The number of carbonyl (C=O) groups excluding carboxylic acids is 2. The summed E-state index contributed by atoms with van der Waals surface area (Å²) in [6.07, 6.45) is 88.3. The van der Waals surface area contributed by atoms with Crippen molar-refractivity contribution in [2.45, 2.75) is 328 Å². The highest BCUT2D eigenvalue weighted by molar-refractivity contribution is 7.47. The summed E-state index contributed by atoms with van der Waals surface area (Å²) in [7, 11) is 1.48. The van der Waals surface area contributed by atoms with E-state index < -0.39 is 26.5 Å². The number of phosphoric acid groups is 1. The van der Waals surface area contributed by atoms with E-state index in [4.69, 9.17) is 18.5 Å². The summed E-state index contributed by atoms with van der Waals surface area (Å²) in [5.74, 6) is -0.794. The summed E-state index contributed by atoms with van der Waals surface area (Å²) in [5.41, 5.74) is 0. The molecule has 0 rings (SSSR count). The first-order valence-corrected chi connectivity index (χ1v) is 36.8. The molecule has 0 bridgehead atoms. The van der Waals surface area contributed by atoms with Crippen LogP contribution in [0, 0.1) is 0 Å². The van der Waals surface area contributed by atoms with Crippen LogP contribution in [0.25, 0.3) is 0 Å². The van der Waals surface area contributed by atoms with Crippen LogP contribution >= 0.6 is 7.82 Å². The van der Waals surface area contributed by atoms with Crippen LogP contribution in [0.4, 0.5) is 0 Å². The van der Waals surface area contributed by atoms with Gasteiger partial charge in [-0.1, -0.05) is 324 Å². The lowest BCUT2D eigenvalue weighted by molar-refractivity contribution is -0.870. The van der Waals surface area contributed by atoms with E-state index in [1.807, 2.05) is 21.1 Å². The van der Waals surface area contributed by atoms with Crippen molar-refractivity contribution in [1.29, 1.82) is 0 Å². The van der Waals surface area contributed by atoms with Crippen LogP contribution in [0.5, 0.6) is 0 Å². The van der Waals surface area contributed by atoms with Crippen molar-refractivity contribution in [3.05, 3.63) is 85.1 Å². The van der Waals surface area contributed by atoms with E-state index in [2.05, 4.69) is 98.9 Å². The fraction of sp³-hybridized carbons (Fsp3) is 0.784. The lowest BCUT2D eigenvalue weighted by Crippen LogP contribution is -2.37. The third kappa shape index (κ3) is 68.3. The summed E-state index contributed by atoms with van der Waals surface area (Å²) in [6.45, 7) is 4.36. The maximum Gasteiger partial charge on any atom is 0.472 e. The van der Waals surface area contributed by atoms with Crippen molar-refractivity contribution in [3.8, 4) is 0 Å². The van der Waals surface area contributed by atoms with Crippen LogP contribution in [0.1, 0.15) is 322 Å². The van der Waals surface area contributed by atoms with Crippen LogP contribution in [0.2, 0.25) is 0 Å². The highest BCUT2D eigenvalue weighted by Gasteiger charge is 2.27. The molecule has 84 heavy (non-hydrogen) atoms. The molecule has 2 unspecified atom stereocenters. The van der Waals surface area contributed by atoms with Crippen LogP contribution < -0.4 is 0 Å². The first kappa shape index (κ1) is 81.2. The zero-order valence-corrected chi connectivity index (χ0v) is 56.5. The summed E-state index contributed by atoms with van der Waals surface area (Å²) >= 11 is 0. The number of ether oxygens (including phenoxy) is 2. The lowest BCUT2D eigenvalue weighted by atomic mass is 10.0. The minimum Gasteiger partial charge on any atom is -0.462 e. The number of likely N-dealkylation sites (N-methyl/N-ethyl adjacent to an activating group) is 1. The van der Waals surface area contributed by atoms with Crippen LogP contribution in [-0.2, 0) is 32.7 Å². The normalized spacial score (nSPS) is 13.6. The zero-order valence-electron chi connectivity index (χ0n) is 55.6. The molecule has 10 heteroatoms. The smallest absolute Gasteiger partial charge is 0.462 e. The van der Waals surface area contributed by atoms with Crippen LogP contribution in [-0.4, -0.2) is 74.9 Å². The molecular weight excluding hydrogens is 1060 g/mol. The Labute approximate surface area is 520 Å². The van der Waals surface area contributed by atoms with E-state index in [-0.39, 0.29) is 32.0 Å². The summed E-state index contributed by atoms with van der Waals surface area (Å²) in [5, 5.41) is 0. The molecule has 0 aliphatic rings. The quantitative estimate of drug-likeness (QED) is 0.0211. The van der Waals surface area contributed by atoms with Gasteiger partial charge in [0, 0.05) is 12.8 Å². The molecule has 0 aromatic heterocycles. The molecule has 0 saturated carbocycles. The number of allylic oxidation sites excluding steroid dienone is 14. The summed E-state index contributed by atoms with van der Waals surface area (Å²) < 4.78 is 34.7. The molecule has 1 N–H and O–H groups in total. The largest absolute Gasteiger partial charge is 0.472 e. The molecule has 2 atom stereocenters. The van der Waals surface area contributed by atoms with Crippen LogP contribution in [0.15, 0.2) is 85.1 Å². The topological polar surface area (TPSA) is 108 Å². The Morgan fingerprint density at radius 1 is 0.381 bits per heavy atom. The Morgan fingerprint density at radius 3 is 1.01 bits per heavy atom. The number of phosphoric ester groups is 1. The molecule has 0 saturated heterocycles. The molecule has 9 nitrogen and oxygen atoms in total. The number of hydrogen-bond donors (Lipinski definition) is 1.